The fourth-order valence-corrected chi connectivity index (χ4v) is 1.90. The molecule has 0 aliphatic heterocycles. The lowest BCUT2D eigenvalue weighted by atomic mass is 10.1. The second-order valence-electron chi connectivity index (χ2n) is 6.15. The van der Waals surface area contributed by atoms with Crippen LogP contribution in [-0.2, 0) is 6.42 Å². The quantitative estimate of drug-likeness (QED) is 0.908. The van der Waals surface area contributed by atoms with Gasteiger partial charge in [0.2, 0.25) is 5.95 Å². The number of hydrogen-bond acceptors (Lipinski definition) is 4. The first-order valence-electron chi connectivity index (χ1n) is 7.39. The molecule has 1 amide bonds. The van der Waals surface area contributed by atoms with E-state index in [9.17, 15) is 4.79 Å². The number of carbonyl (C=O) groups excluding carboxylic acids is 1. The average molecular weight is 298 g/mol. The van der Waals surface area contributed by atoms with Gasteiger partial charge in [-0.25, -0.2) is 9.97 Å². The van der Waals surface area contributed by atoms with E-state index in [4.69, 9.17) is 0 Å². The SMILES string of the molecule is CCc1ccc(Nc2nccc(C(=O)NC(C)(C)C)n2)cc1. The van der Waals surface area contributed by atoms with Crippen LogP contribution in [-0.4, -0.2) is 21.4 Å². The summed E-state index contributed by atoms with van der Waals surface area (Å²) < 4.78 is 0. The van der Waals surface area contributed by atoms with Crippen molar-refractivity contribution in [2.24, 2.45) is 0 Å². The highest BCUT2D eigenvalue weighted by molar-refractivity contribution is 5.92. The van der Waals surface area contributed by atoms with Crippen LogP contribution in [0.3, 0.4) is 0 Å². The Morgan fingerprint density at radius 3 is 2.41 bits per heavy atom. The van der Waals surface area contributed by atoms with Gasteiger partial charge in [-0.15, -0.1) is 0 Å². The number of amides is 1. The molecule has 5 nitrogen and oxygen atoms in total. The van der Waals surface area contributed by atoms with Crippen molar-refractivity contribution in [2.45, 2.75) is 39.7 Å². The second-order valence-corrected chi connectivity index (χ2v) is 6.15. The molecule has 0 fully saturated rings. The lowest BCUT2D eigenvalue weighted by molar-refractivity contribution is 0.0914. The molecular weight excluding hydrogens is 276 g/mol. The minimum atomic E-state index is -0.300. The molecule has 1 aromatic heterocycles. The maximum Gasteiger partial charge on any atom is 0.270 e. The summed E-state index contributed by atoms with van der Waals surface area (Å²) in [6.45, 7) is 7.91. The van der Waals surface area contributed by atoms with E-state index in [0.29, 0.717) is 11.6 Å². The summed E-state index contributed by atoms with van der Waals surface area (Å²) in [6.07, 6.45) is 2.58. The maximum absolute atomic E-state index is 12.1. The van der Waals surface area contributed by atoms with E-state index >= 15 is 0 Å². The van der Waals surface area contributed by atoms with Crippen LogP contribution >= 0.6 is 0 Å². The predicted octanol–water partition coefficient (Wildman–Crippen LogP) is 3.31. The Morgan fingerprint density at radius 1 is 1.14 bits per heavy atom. The molecular formula is C17H22N4O. The first-order valence-corrected chi connectivity index (χ1v) is 7.39. The number of anilines is 2. The van der Waals surface area contributed by atoms with Crippen LogP contribution in [0.25, 0.3) is 0 Å². The van der Waals surface area contributed by atoms with Crippen LogP contribution in [0.4, 0.5) is 11.6 Å². The Bertz CT molecular complexity index is 644. The molecule has 2 N–H and O–H groups in total. The van der Waals surface area contributed by atoms with E-state index in [-0.39, 0.29) is 11.4 Å². The average Bonchev–Trinajstić information content (AvgIpc) is 2.46. The zero-order valence-electron chi connectivity index (χ0n) is 13.5. The molecule has 0 bridgehead atoms. The minimum absolute atomic E-state index is 0.209. The zero-order chi connectivity index (χ0) is 16.2. The minimum Gasteiger partial charge on any atom is -0.346 e. The Labute approximate surface area is 131 Å². The number of aromatic nitrogens is 2. The van der Waals surface area contributed by atoms with Gasteiger partial charge in [0.15, 0.2) is 0 Å². The molecule has 1 heterocycles. The number of nitrogens with zero attached hydrogens (tertiary/aromatic N) is 2. The topological polar surface area (TPSA) is 66.9 Å². The third-order valence-corrected chi connectivity index (χ3v) is 3.00. The molecule has 5 heteroatoms. The molecule has 0 aliphatic rings. The van der Waals surface area contributed by atoms with Gasteiger partial charge < -0.3 is 10.6 Å². The normalized spacial score (nSPS) is 11.1. The van der Waals surface area contributed by atoms with Crippen molar-refractivity contribution >= 4 is 17.5 Å². The predicted molar refractivity (Wildman–Crippen MR) is 88.4 cm³/mol. The van der Waals surface area contributed by atoms with E-state index in [1.807, 2.05) is 32.9 Å². The first kappa shape index (κ1) is 15.9. The zero-order valence-corrected chi connectivity index (χ0v) is 13.5. The van der Waals surface area contributed by atoms with Crippen LogP contribution in [0.5, 0.6) is 0 Å². The number of carbonyl (C=O) groups is 1. The molecule has 0 aliphatic carbocycles. The molecule has 0 saturated carbocycles. The van der Waals surface area contributed by atoms with Crippen LogP contribution in [0.1, 0.15) is 43.7 Å². The maximum atomic E-state index is 12.1. The van der Waals surface area contributed by atoms with Gasteiger partial charge >= 0.3 is 0 Å². The standard InChI is InChI=1S/C17H22N4O/c1-5-12-6-8-13(9-7-12)19-16-18-11-10-14(20-16)15(22)21-17(2,3)4/h6-11H,5H2,1-4H3,(H,21,22)(H,18,19,20). The molecule has 0 atom stereocenters. The summed E-state index contributed by atoms with van der Waals surface area (Å²) in [5.41, 5.74) is 2.21. The van der Waals surface area contributed by atoms with Crippen molar-refractivity contribution in [1.29, 1.82) is 0 Å². The van der Waals surface area contributed by atoms with Crippen LogP contribution < -0.4 is 10.6 Å². The molecule has 0 unspecified atom stereocenters. The highest BCUT2D eigenvalue weighted by atomic mass is 16.2. The molecule has 0 spiro atoms. The van der Waals surface area contributed by atoms with E-state index in [1.165, 1.54) is 5.56 Å². The number of rotatable bonds is 4. The van der Waals surface area contributed by atoms with Crippen LogP contribution in [0.2, 0.25) is 0 Å². The van der Waals surface area contributed by atoms with E-state index in [1.54, 1.807) is 12.3 Å². The summed E-state index contributed by atoms with van der Waals surface area (Å²) >= 11 is 0. The highest BCUT2D eigenvalue weighted by Crippen LogP contribution is 2.14. The van der Waals surface area contributed by atoms with Gasteiger partial charge in [0, 0.05) is 17.4 Å². The summed E-state index contributed by atoms with van der Waals surface area (Å²) in [5, 5.41) is 6.00. The Kier molecular flexibility index (Phi) is 4.75. The number of aryl methyl sites for hydroxylation is 1. The lowest BCUT2D eigenvalue weighted by Crippen LogP contribution is -2.41. The number of benzene rings is 1. The van der Waals surface area contributed by atoms with Crippen molar-refractivity contribution in [3.8, 4) is 0 Å². The Hall–Kier alpha value is -2.43. The van der Waals surface area contributed by atoms with E-state index < -0.39 is 0 Å². The third-order valence-electron chi connectivity index (χ3n) is 3.00. The molecule has 22 heavy (non-hydrogen) atoms. The summed E-state index contributed by atoms with van der Waals surface area (Å²) in [6, 6.07) is 9.66. The largest absolute Gasteiger partial charge is 0.346 e. The summed E-state index contributed by atoms with van der Waals surface area (Å²) in [7, 11) is 0. The van der Waals surface area contributed by atoms with Gasteiger partial charge in [0.1, 0.15) is 5.69 Å². The van der Waals surface area contributed by atoms with Gasteiger partial charge in [-0.1, -0.05) is 19.1 Å². The molecule has 0 radical (unpaired) electrons. The van der Waals surface area contributed by atoms with Gasteiger partial charge in [-0.2, -0.15) is 0 Å². The summed E-state index contributed by atoms with van der Waals surface area (Å²) in [4.78, 5) is 20.5. The van der Waals surface area contributed by atoms with Gasteiger partial charge in [0.05, 0.1) is 0 Å². The molecule has 0 saturated heterocycles. The van der Waals surface area contributed by atoms with Gasteiger partial charge in [0.25, 0.3) is 5.91 Å². The monoisotopic (exact) mass is 298 g/mol. The smallest absolute Gasteiger partial charge is 0.270 e. The van der Waals surface area contributed by atoms with Crippen molar-refractivity contribution in [3.63, 3.8) is 0 Å². The van der Waals surface area contributed by atoms with Crippen LogP contribution in [0.15, 0.2) is 36.5 Å². The molecule has 2 rings (SSSR count). The lowest BCUT2D eigenvalue weighted by Gasteiger charge is -2.20. The van der Waals surface area contributed by atoms with Crippen molar-refractivity contribution < 1.29 is 4.79 Å². The molecule has 2 aromatic rings. The Balaban J connectivity index is 2.12. The molecule has 1 aromatic carbocycles. The van der Waals surface area contributed by atoms with E-state index in [2.05, 4.69) is 39.7 Å². The van der Waals surface area contributed by atoms with Crippen molar-refractivity contribution in [2.75, 3.05) is 5.32 Å². The number of hydrogen-bond donors (Lipinski definition) is 2. The summed E-state index contributed by atoms with van der Waals surface area (Å²) in [5.74, 6) is 0.199. The van der Waals surface area contributed by atoms with Crippen molar-refractivity contribution in [1.82, 2.24) is 15.3 Å². The van der Waals surface area contributed by atoms with Gasteiger partial charge in [-0.3, -0.25) is 4.79 Å². The fourth-order valence-electron chi connectivity index (χ4n) is 1.90. The van der Waals surface area contributed by atoms with Crippen molar-refractivity contribution in [3.05, 3.63) is 47.8 Å². The van der Waals surface area contributed by atoms with Gasteiger partial charge in [-0.05, 0) is 51.0 Å². The third kappa shape index (κ3) is 4.55. The highest BCUT2D eigenvalue weighted by Gasteiger charge is 2.16. The molecule has 116 valence electrons. The second kappa shape index (κ2) is 6.56. The number of nitrogens with one attached hydrogen (secondary N) is 2. The Morgan fingerprint density at radius 2 is 1.82 bits per heavy atom. The fraction of sp³-hybridized carbons (Fsp3) is 0.353. The first-order chi connectivity index (χ1) is 10.4. The van der Waals surface area contributed by atoms with Crippen LogP contribution in [0, 0.1) is 0 Å². The van der Waals surface area contributed by atoms with E-state index in [0.717, 1.165) is 12.1 Å².